The Morgan fingerprint density at radius 3 is 2.71 bits per heavy atom. The minimum atomic E-state index is -0.380. The summed E-state index contributed by atoms with van der Waals surface area (Å²) in [4.78, 5) is 15.0. The summed E-state index contributed by atoms with van der Waals surface area (Å²) in [6.45, 7) is 1.02. The number of ether oxygens (including phenoxy) is 2. The number of carbonyl (C=O) groups excluding carboxylic acids is 1. The van der Waals surface area contributed by atoms with Gasteiger partial charge in [-0.3, -0.25) is 9.69 Å². The molecule has 0 aliphatic carbocycles. The van der Waals surface area contributed by atoms with Crippen molar-refractivity contribution >= 4 is 23.4 Å². The number of benzene rings is 2. The first-order valence-corrected chi connectivity index (χ1v) is 9.10. The lowest BCUT2D eigenvalue weighted by atomic mass is 10.1. The lowest BCUT2D eigenvalue weighted by Gasteiger charge is -2.36. The Bertz CT molecular complexity index is 1040. The van der Waals surface area contributed by atoms with E-state index in [1.165, 1.54) is 0 Å². The normalized spacial score (nSPS) is 18.1. The molecule has 0 bridgehead atoms. The van der Waals surface area contributed by atoms with Gasteiger partial charge in [0.1, 0.15) is 25.1 Å². The number of para-hydroxylation sites is 1. The first-order chi connectivity index (χ1) is 13.8. The quantitative estimate of drug-likeness (QED) is 0.746. The number of hydrogen-bond acceptors (Lipinski definition) is 5. The fraction of sp³-hybridized carbons (Fsp3) is 0.136. The maximum atomic E-state index is 13.3. The Morgan fingerprint density at radius 2 is 1.86 bits per heavy atom. The lowest BCUT2D eigenvalue weighted by molar-refractivity contribution is 0.0979. The highest BCUT2D eigenvalue weighted by Gasteiger charge is 2.32. The molecule has 140 valence electrons. The topological polar surface area (TPSA) is 63.9 Å². The number of anilines is 2. The van der Waals surface area contributed by atoms with Gasteiger partial charge >= 0.3 is 0 Å². The molecule has 2 aliphatic heterocycles. The van der Waals surface area contributed by atoms with Gasteiger partial charge in [-0.1, -0.05) is 12.1 Å². The molecule has 1 aromatic heterocycles. The van der Waals surface area contributed by atoms with Crippen molar-refractivity contribution < 1.29 is 18.7 Å². The van der Waals surface area contributed by atoms with Crippen LogP contribution in [0.2, 0.25) is 0 Å². The minimum absolute atomic E-state index is 0.0832. The van der Waals surface area contributed by atoms with Crippen molar-refractivity contribution in [2.75, 3.05) is 23.4 Å². The van der Waals surface area contributed by atoms with Crippen LogP contribution in [0.5, 0.6) is 11.5 Å². The van der Waals surface area contributed by atoms with Crippen LogP contribution in [0.1, 0.15) is 16.1 Å². The molecule has 3 heterocycles. The van der Waals surface area contributed by atoms with Gasteiger partial charge in [0.2, 0.25) is 0 Å². The van der Waals surface area contributed by atoms with Gasteiger partial charge in [0, 0.05) is 11.8 Å². The van der Waals surface area contributed by atoms with Crippen molar-refractivity contribution in [1.82, 2.24) is 0 Å². The van der Waals surface area contributed by atoms with Crippen LogP contribution in [0, 0.1) is 0 Å². The average molecular weight is 374 g/mol. The van der Waals surface area contributed by atoms with Crippen molar-refractivity contribution in [2.45, 2.75) is 6.17 Å². The molecule has 5 rings (SSSR count). The van der Waals surface area contributed by atoms with E-state index in [1.54, 1.807) is 11.2 Å². The largest absolute Gasteiger partial charge is 0.486 e. The van der Waals surface area contributed by atoms with Crippen LogP contribution in [0.25, 0.3) is 6.08 Å². The van der Waals surface area contributed by atoms with E-state index >= 15 is 0 Å². The minimum Gasteiger partial charge on any atom is -0.486 e. The predicted molar refractivity (Wildman–Crippen MR) is 106 cm³/mol. The summed E-state index contributed by atoms with van der Waals surface area (Å²) in [5, 5.41) is 3.42. The number of carbonyl (C=O) groups is 1. The van der Waals surface area contributed by atoms with Crippen LogP contribution in [0.4, 0.5) is 11.4 Å². The van der Waals surface area contributed by atoms with E-state index in [4.69, 9.17) is 13.9 Å². The predicted octanol–water partition coefficient (Wildman–Crippen LogP) is 4.16. The number of fused-ring (bicyclic) bond motifs is 2. The van der Waals surface area contributed by atoms with Crippen LogP contribution in [-0.4, -0.2) is 25.3 Å². The molecule has 2 aliphatic rings. The zero-order valence-electron chi connectivity index (χ0n) is 15.0. The van der Waals surface area contributed by atoms with Crippen molar-refractivity contribution in [1.29, 1.82) is 0 Å². The molecule has 0 fully saturated rings. The van der Waals surface area contributed by atoms with E-state index in [-0.39, 0.29) is 12.1 Å². The number of nitrogens with zero attached hydrogens (tertiary/aromatic N) is 1. The molecular formula is C22H18N2O4. The first kappa shape index (κ1) is 16.5. The monoisotopic (exact) mass is 374 g/mol. The number of hydrogen-bond donors (Lipinski definition) is 1. The van der Waals surface area contributed by atoms with E-state index in [2.05, 4.69) is 5.32 Å². The maximum absolute atomic E-state index is 13.3. The second kappa shape index (κ2) is 6.81. The third-order valence-corrected chi connectivity index (χ3v) is 4.75. The smallest absolute Gasteiger partial charge is 0.262 e. The number of nitrogens with one attached hydrogen (secondary N) is 1. The van der Waals surface area contributed by atoms with E-state index in [9.17, 15) is 4.79 Å². The van der Waals surface area contributed by atoms with E-state index < -0.39 is 0 Å². The van der Waals surface area contributed by atoms with Crippen molar-refractivity contribution in [3.63, 3.8) is 0 Å². The highest BCUT2D eigenvalue weighted by molar-refractivity contribution is 6.12. The molecule has 3 aromatic rings. The van der Waals surface area contributed by atoms with E-state index in [0.717, 1.165) is 17.1 Å². The van der Waals surface area contributed by atoms with Crippen molar-refractivity contribution in [3.8, 4) is 11.5 Å². The molecule has 0 spiro atoms. The molecule has 28 heavy (non-hydrogen) atoms. The van der Waals surface area contributed by atoms with Crippen LogP contribution >= 0.6 is 0 Å². The molecule has 0 radical (unpaired) electrons. The van der Waals surface area contributed by atoms with Crippen LogP contribution in [-0.2, 0) is 0 Å². The standard InChI is InChI=1S/C22H18N2O4/c25-22-17-5-1-2-6-18(17)23-21(10-8-16-4-3-11-26-16)24(22)15-7-9-19-20(14-15)28-13-12-27-19/h1-11,14,21,23H,12-13H2/b10-8+. The van der Waals surface area contributed by atoms with Crippen LogP contribution < -0.4 is 19.7 Å². The molecule has 2 aromatic carbocycles. The van der Waals surface area contributed by atoms with Gasteiger partial charge in [-0.05, 0) is 48.6 Å². The van der Waals surface area contributed by atoms with Gasteiger partial charge in [0.15, 0.2) is 11.5 Å². The summed E-state index contributed by atoms with van der Waals surface area (Å²) in [5.74, 6) is 1.97. The van der Waals surface area contributed by atoms with Gasteiger partial charge < -0.3 is 19.2 Å². The molecule has 1 atom stereocenters. The summed E-state index contributed by atoms with van der Waals surface area (Å²) < 4.78 is 16.7. The average Bonchev–Trinajstić information content (AvgIpc) is 3.26. The third kappa shape index (κ3) is 2.89. The third-order valence-electron chi connectivity index (χ3n) is 4.75. The van der Waals surface area contributed by atoms with E-state index in [1.807, 2.05) is 66.7 Å². The SMILES string of the molecule is O=C1c2ccccc2NC(/C=C/c2ccco2)N1c1ccc2c(c1)OCCO2. The Kier molecular flexibility index (Phi) is 4.01. The van der Waals surface area contributed by atoms with Gasteiger partial charge in [0.25, 0.3) is 5.91 Å². The number of amides is 1. The molecule has 6 heteroatoms. The fourth-order valence-corrected chi connectivity index (χ4v) is 3.44. The molecule has 1 amide bonds. The molecular weight excluding hydrogens is 356 g/mol. The fourth-order valence-electron chi connectivity index (χ4n) is 3.44. The molecule has 0 saturated heterocycles. The molecule has 1 N–H and O–H groups in total. The van der Waals surface area contributed by atoms with Crippen molar-refractivity contribution in [2.24, 2.45) is 0 Å². The second-order valence-electron chi connectivity index (χ2n) is 6.51. The van der Waals surface area contributed by atoms with Crippen molar-refractivity contribution in [3.05, 3.63) is 78.3 Å². The summed E-state index contributed by atoms with van der Waals surface area (Å²) in [5.41, 5.74) is 2.15. The van der Waals surface area contributed by atoms with Gasteiger partial charge in [-0.25, -0.2) is 0 Å². The zero-order valence-corrected chi connectivity index (χ0v) is 15.0. The highest BCUT2D eigenvalue weighted by Crippen LogP contribution is 2.37. The van der Waals surface area contributed by atoms with Gasteiger partial charge in [-0.2, -0.15) is 0 Å². The van der Waals surface area contributed by atoms with Gasteiger partial charge in [-0.15, -0.1) is 0 Å². The van der Waals surface area contributed by atoms with Crippen LogP contribution in [0.3, 0.4) is 0 Å². The summed E-state index contributed by atoms with van der Waals surface area (Å²) in [6, 6.07) is 16.7. The first-order valence-electron chi connectivity index (χ1n) is 9.10. The zero-order chi connectivity index (χ0) is 18.9. The Balaban J connectivity index is 1.56. The molecule has 1 unspecified atom stereocenters. The Hall–Kier alpha value is -3.67. The highest BCUT2D eigenvalue weighted by atomic mass is 16.6. The maximum Gasteiger partial charge on any atom is 0.262 e. The van der Waals surface area contributed by atoms with Crippen LogP contribution in [0.15, 0.2) is 71.4 Å². The summed E-state index contributed by atoms with van der Waals surface area (Å²) in [7, 11) is 0. The van der Waals surface area contributed by atoms with Gasteiger partial charge in [0.05, 0.1) is 17.5 Å². The summed E-state index contributed by atoms with van der Waals surface area (Å²) >= 11 is 0. The molecule has 6 nitrogen and oxygen atoms in total. The summed E-state index contributed by atoms with van der Waals surface area (Å²) in [6.07, 6.45) is 5.00. The second-order valence-corrected chi connectivity index (χ2v) is 6.51. The number of rotatable bonds is 3. The van der Waals surface area contributed by atoms with E-state index in [0.29, 0.717) is 30.3 Å². The Morgan fingerprint density at radius 1 is 1.00 bits per heavy atom. The Labute approximate surface area is 162 Å². The lowest BCUT2D eigenvalue weighted by Crippen LogP contribution is -2.48. The molecule has 0 saturated carbocycles. The number of furan rings is 1.